The second kappa shape index (κ2) is 9.93. The molecule has 2 amide bonds. The third-order valence-corrected chi connectivity index (χ3v) is 5.85. The standard InChI is InChI=1S/C27H31N5O4/c1-16-12-13-28-21(15-16)29-25(34)19-10-8-18(9-11-19)23-22(17(2)33)30-24(31-23)20-7-6-14-32(20)26(35)36-27(3,4)5/h8-13,15,20H,6-7,14H2,1-5H3,(H,30,31)(H,28,29,34)/t20-/m0/s1. The van der Waals surface area contributed by atoms with E-state index >= 15 is 0 Å². The number of ether oxygens (including phenoxy) is 1. The number of aromatic amines is 1. The molecule has 0 unspecified atom stereocenters. The number of H-pyrrole nitrogens is 1. The quantitative estimate of drug-likeness (QED) is 0.469. The van der Waals surface area contributed by atoms with E-state index in [2.05, 4.69) is 15.3 Å². The van der Waals surface area contributed by atoms with Gasteiger partial charge in [-0.15, -0.1) is 0 Å². The van der Waals surface area contributed by atoms with Crippen molar-refractivity contribution in [1.82, 2.24) is 19.9 Å². The maximum atomic E-state index is 12.7. The number of nitrogens with one attached hydrogen (secondary N) is 2. The van der Waals surface area contributed by atoms with Gasteiger partial charge in [0.2, 0.25) is 0 Å². The monoisotopic (exact) mass is 489 g/mol. The summed E-state index contributed by atoms with van der Waals surface area (Å²) in [5.41, 5.74) is 2.38. The van der Waals surface area contributed by atoms with Crippen LogP contribution in [0.4, 0.5) is 10.6 Å². The molecule has 4 rings (SSSR count). The van der Waals surface area contributed by atoms with E-state index in [1.165, 1.54) is 6.92 Å². The molecule has 9 heteroatoms. The second-order valence-electron chi connectivity index (χ2n) is 9.98. The lowest BCUT2D eigenvalue weighted by molar-refractivity contribution is 0.0218. The van der Waals surface area contributed by atoms with Crippen LogP contribution in [0.5, 0.6) is 0 Å². The van der Waals surface area contributed by atoms with Gasteiger partial charge < -0.3 is 15.0 Å². The van der Waals surface area contributed by atoms with Crippen LogP contribution in [0.15, 0.2) is 42.6 Å². The summed E-state index contributed by atoms with van der Waals surface area (Å²) in [6.07, 6.45) is 2.77. The topological polar surface area (TPSA) is 117 Å². The van der Waals surface area contributed by atoms with Crippen molar-refractivity contribution in [2.45, 2.75) is 59.1 Å². The molecule has 2 aromatic heterocycles. The van der Waals surface area contributed by atoms with Crippen molar-refractivity contribution >= 4 is 23.6 Å². The highest BCUT2D eigenvalue weighted by molar-refractivity contribution is 6.04. The van der Waals surface area contributed by atoms with Gasteiger partial charge in [0.25, 0.3) is 5.91 Å². The molecule has 1 atom stereocenters. The number of ketones is 1. The van der Waals surface area contributed by atoms with E-state index in [4.69, 9.17) is 9.72 Å². The fraction of sp³-hybridized carbons (Fsp3) is 0.370. The summed E-state index contributed by atoms with van der Waals surface area (Å²) in [6, 6.07) is 10.2. The molecule has 0 aliphatic carbocycles. The summed E-state index contributed by atoms with van der Waals surface area (Å²) in [6.45, 7) is 9.44. The predicted octanol–water partition coefficient (Wildman–Crippen LogP) is 5.31. The number of carbonyl (C=O) groups excluding carboxylic acids is 3. The zero-order chi connectivity index (χ0) is 26.0. The minimum Gasteiger partial charge on any atom is -0.444 e. The molecular weight excluding hydrogens is 458 g/mol. The Hall–Kier alpha value is -4.01. The fourth-order valence-electron chi connectivity index (χ4n) is 4.18. The Balaban J connectivity index is 1.57. The van der Waals surface area contributed by atoms with E-state index in [1.54, 1.807) is 41.4 Å². The number of imidazole rings is 1. The molecule has 0 saturated carbocycles. The van der Waals surface area contributed by atoms with Crippen LogP contribution >= 0.6 is 0 Å². The molecule has 3 heterocycles. The van der Waals surface area contributed by atoms with Crippen LogP contribution in [0.1, 0.15) is 78.8 Å². The molecule has 3 aromatic rings. The fourth-order valence-corrected chi connectivity index (χ4v) is 4.18. The smallest absolute Gasteiger partial charge is 0.410 e. The lowest BCUT2D eigenvalue weighted by Crippen LogP contribution is -2.36. The molecule has 1 aliphatic rings. The first kappa shape index (κ1) is 25.1. The van der Waals surface area contributed by atoms with E-state index in [-0.39, 0.29) is 17.7 Å². The number of likely N-dealkylation sites (tertiary alicyclic amines) is 1. The number of hydrogen-bond donors (Lipinski definition) is 2. The highest BCUT2D eigenvalue weighted by Gasteiger charge is 2.35. The lowest BCUT2D eigenvalue weighted by Gasteiger charge is -2.27. The molecule has 188 valence electrons. The van der Waals surface area contributed by atoms with Gasteiger partial charge in [0.15, 0.2) is 5.78 Å². The Morgan fingerprint density at radius 1 is 1.14 bits per heavy atom. The molecule has 1 aromatic carbocycles. The zero-order valence-electron chi connectivity index (χ0n) is 21.2. The van der Waals surface area contributed by atoms with E-state index in [0.717, 1.165) is 18.4 Å². The number of benzene rings is 1. The summed E-state index contributed by atoms with van der Waals surface area (Å²) < 4.78 is 5.56. The first-order valence-electron chi connectivity index (χ1n) is 12.0. The average Bonchev–Trinajstić information content (AvgIpc) is 3.46. The Labute approximate surface area is 210 Å². The first-order valence-corrected chi connectivity index (χ1v) is 12.0. The number of aryl methyl sites for hydroxylation is 1. The Kier molecular flexibility index (Phi) is 6.92. The number of anilines is 1. The molecule has 0 bridgehead atoms. The highest BCUT2D eigenvalue weighted by atomic mass is 16.6. The number of aromatic nitrogens is 3. The molecule has 0 spiro atoms. The van der Waals surface area contributed by atoms with Crippen LogP contribution in [0.25, 0.3) is 11.3 Å². The summed E-state index contributed by atoms with van der Waals surface area (Å²) in [7, 11) is 0. The van der Waals surface area contributed by atoms with E-state index in [0.29, 0.717) is 40.7 Å². The van der Waals surface area contributed by atoms with Gasteiger partial charge in [-0.05, 0) is 70.4 Å². The van der Waals surface area contributed by atoms with Gasteiger partial charge in [-0.25, -0.2) is 14.8 Å². The van der Waals surface area contributed by atoms with Crippen molar-refractivity contribution < 1.29 is 19.1 Å². The minimum atomic E-state index is -0.605. The zero-order valence-corrected chi connectivity index (χ0v) is 21.2. The number of rotatable bonds is 5. The summed E-state index contributed by atoms with van der Waals surface area (Å²) in [4.78, 5) is 51.5. The van der Waals surface area contributed by atoms with Gasteiger partial charge in [-0.1, -0.05) is 12.1 Å². The molecule has 1 fully saturated rings. The molecule has 1 aliphatic heterocycles. The molecule has 0 radical (unpaired) electrons. The van der Waals surface area contributed by atoms with E-state index < -0.39 is 11.7 Å². The van der Waals surface area contributed by atoms with Crippen LogP contribution in [0.2, 0.25) is 0 Å². The molecule has 2 N–H and O–H groups in total. The first-order chi connectivity index (χ1) is 17.0. The van der Waals surface area contributed by atoms with Gasteiger partial charge >= 0.3 is 6.09 Å². The van der Waals surface area contributed by atoms with E-state index in [9.17, 15) is 14.4 Å². The van der Waals surface area contributed by atoms with Crippen molar-refractivity contribution in [3.63, 3.8) is 0 Å². The third kappa shape index (κ3) is 5.62. The van der Waals surface area contributed by atoms with Crippen LogP contribution < -0.4 is 5.32 Å². The summed E-state index contributed by atoms with van der Waals surface area (Å²) >= 11 is 0. The second-order valence-corrected chi connectivity index (χ2v) is 9.98. The van der Waals surface area contributed by atoms with Gasteiger partial charge in [0.1, 0.15) is 22.9 Å². The third-order valence-electron chi connectivity index (χ3n) is 5.85. The Morgan fingerprint density at radius 3 is 2.50 bits per heavy atom. The summed E-state index contributed by atoms with van der Waals surface area (Å²) in [5, 5.41) is 2.79. The van der Waals surface area contributed by atoms with Crippen molar-refractivity contribution in [3.8, 4) is 11.3 Å². The number of amides is 2. The minimum absolute atomic E-state index is 0.169. The van der Waals surface area contributed by atoms with Crippen LogP contribution in [0.3, 0.4) is 0 Å². The lowest BCUT2D eigenvalue weighted by atomic mass is 10.1. The van der Waals surface area contributed by atoms with Gasteiger partial charge in [-0.3, -0.25) is 14.5 Å². The Bertz CT molecular complexity index is 1290. The molecule has 9 nitrogen and oxygen atoms in total. The average molecular weight is 490 g/mol. The van der Waals surface area contributed by atoms with Gasteiger partial charge in [0.05, 0.1) is 11.7 Å². The number of hydrogen-bond acceptors (Lipinski definition) is 6. The number of carbonyl (C=O) groups is 3. The largest absolute Gasteiger partial charge is 0.444 e. The maximum Gasteiger partial charge on any atom is 0.410 e. The van der Waals surface area contributed by atoms with Crippen LogP contribution in [-0.4, -0.2) is 49.8 Å². The molecule has 1 saturated heterocycles. The number of nitrogens with zero attached hydrogens (tertiary/aromatic N) is 3. The number of pyridine rings is 1. The number of Topliss-reactive ketones (excluding diaryl/α,β-unsaturated/α-hetero) is 1. The van der Waals surface area contributed by atoms with Gasteiger partial charge in [0, 0.05) is 30.8 Å². The van der Waals surface area contributed by atoms with Gasteiger partial charge in [-0.2, -0.15) is 0 Å². The van der Waals surface area contributed by atoms with Crippen molar-refractivity contribution in [2.24, 2.45) is 0 Å². The normalized spacial score (nSPS) is 15.6. The van der Waals surface area contributed by atoms with Crippen molar-refractivity contribution in [3.05, 3.63) is 65.2 Å². The summed E-state index contributed by atoms with van der Waals surface area (Å²) in [5.74, 6) is 0.572. The SMILES string of the molecule is CC(=O)c1[nH]c([C@@H]2CCCN2C(=O)OC(C)(C)C)nc1-c1ccc(C(=O)Nc2cc(C)ccn2)cc1. The van der Waals surface area contributed by atoms with E-state index in [1.807, 2.05) is 33.8 Å². The highest BCUT2D eigenvalue weighted by Crippen LogP contribution is 2.34. The molecular formula is C27H31N5O4. The maximum absolute atomic E-state index is 12.7. The van der Waals surface area contributed by atoms with Crippen molar-refractivity contribution in [2.75, 3.05) is 11.9 Å². The Morgan fingerprint density at radius 2 is 1.86 bits per heavy atom. The predicted molar refractivity (Wildman–Crippen MR) is 136 cm³/mol. The van der Waals surface area contributed by atoms with Crippen LogP contribution in [-0.2, 0) is 4.74 Å². The van der Waals surface area contributed by atoms with Crippen LogP contribution in [0, 0.1) is 6.92 Å². The molecule has 36 heavy (non-hydrogen) atoms. The van der Waals surface area contributed by atoms with Crippen molar-refractivity contribution in [1.29, 1.82) is 0 Å².